The number of thioether (sulfide) groups is 1. The van der Waals surface area contributed by atoms with Crippen molar-refractivity contribution in [3.05, 3.63) is 40.2 Å². The summed E-state index contributed by atoms with van der Waals surface area (Å²) in [5.74, 6) is 2.49. The van der Waals surface area contributed by atoms with Crippen LogP contribution in [-0.4, -0.2) is 42.0 Å². The molecule has 0 unspecified atom stereocenters. The number of amides is 1. The molecule has 1 aliphatic rings. The van der Waals surface area contributed by atoms with Gasteiger partial charge in [0.25, 0.3) is 5.91 Å². The number of hydrogen-bond donors (Lipinski definition) is 0. The highest BCUT2D eigenvalue weighted by Crippen LogP contribution is 2.23. The largest absolute Gasteiger partial charge is 0.484 e. The van der Waals surface area contributed by atoms with Crippen molar-refractivity contribution in [1.82, 2.24) is 4.90 Å². The second kappa shape index (κ2) is 7.08. The van der Waals surface area contributed by atoms with Gasteiger partial charge >= 0.3 is 5.63 Å². The molecule has 6 heteroatoms. The molecule has 2 aromatic rings. The number of rotatable bonds is 4. The first kappa shape index (κ1) is 15.9. The lowest BCUT2D eigenvalue weighted by Gasteiger charge is -2.26. The van der Waals surface area contributed by atoms with Gasteiger partial charge in [-0.3, -0.25) is 4.79 Å². The number of carbonyl (C=O) groups excluding carboxylic acids is 1. The molecule has 23 heavy (non-hydrogen) atoms. The van der Waals surface area contributed by atoms with Crippen LogP contribution in [0.1, 0.15) is 12.5 Å². The molecule has 1 aromatic carbocycles. The zero-order chi connectivity index (χ0) is 16.2. The average molecular weight is 333 g/mol. The summed E-state index contributed by atoms with van der Waals surface area (Å²) in [6, 6.07) is 6.87. The summed E-state index contributed by atoms with van der Waals surface area (Å²) in [6.07, 6.45) is 0.758. The smallest absolute Gasteiger partial charge is 0.336 e. The minimum Gasteiger partial charge on any atom is -0.484 e. The molecular formula is C17H19NO4S. The van der Waals surface area contributed by atoms with Gasteiger partial charge in [-0.1, -0.05) is 6.92 Å². The molecule has 0 saturated carbocycles. The number of carbonyl (C=O) groups is 1. The number of fused-ring (bicyclic) bond motifs is 1. The van der Waals surface area contributed by atoms with Crippen LogP contribution in [0.2, 0.25) is 0 Å². The first-order valence-electron chi connectivity index (χ1n) is 7.72. The fourth-order valence-electron chi connectivity index (χ4n) is 2.64. The minimum absolute atomic E-state index is 0.00541. The Morgan fingerprint density at radius 1 is 1.30 bits per heavy atom. The van der Waals surface area contributed by atoms with E-state index in [0.29, 0.717) is 11.3 Å². The SMILES string of the molecule is CCc1cc(=O)oc2cc(OCC(=O)N3CCSCC3)ccc12. The molecule has 122 valence electrons. The Morgan fingerprint density at radius 2 is 2.09 bits per heavy atom. The fraction of sp³-hybridized carbons (Fsp3) is 0.412. The zero-order valence-corrected chi connectivity index (χ0v) is 13.9. The van der Waals surface area contributed by atoms with Crippen molar-refractivity contribution in [3.63, 3.8) is 0 Å². The first-order valence-corrected chi connectivity index (χ1v) is 8.88. The second-order valence-corrected chi connectivity index (χ2v) is 6.61. The number of hydrogen-bond acceptors (Lipinski definition) is 5. The van der Waals surface area contributed by atoms with Crippen molar-refractivity contribution >= 4 is 28.6 Å². The lowest BCUT2D eigenvalue weighted by molar-refractivity contribution is -0.132. The monoisotopic (exact) mass is 333 g/mol. The van der Waals surface area contributed by atoms with E-state index in [9.17, 15) is 9.59 Å². The Morgan fingerprint density at radius 3 is 2.83 bits per heavy atom. The summed E-state index contributed by atoms with van der Waals surface area (Å²) in [4.78, 5) is 25.5. The van der Waals surface area contributed by atoms with Gasteiger partial charge in [0.1, 0.15) is 11.3 Å². The molecular weight excluding hydrogens is 314 g/mol. The Balaban J connectivity index is 1.73. The van der Waals surface area contributed by atoms with Crippen molar-refractivity contribution in [1.29, 1.82) is 0 Å². The van der Waals surface area contributed by atoms with Crippen LogP contribution in [0.25, 0.3) is 11.0 Å². The summed E-state index contributed by atoms with van der Waals surface area (Å²) in [7, 11) is 0. The van der Waals surface area contributed by atoms with Gasteiger partial charge in [0.15, 0.2) is 6.61 Å². The van der Waals surface area contributed by atoms with E-state index in [2.05, 4.69) is 0 Å². The third kappa shape index (κ3) is 3.69. The van der Waals surface area contributed by atoms with E-state index in [1.165, 1.54) is 6.07 Å². The van der Waals surface area contributed by atoms with E-state index >= 15 is 0 Å². The summed E-state index contributed by atoms with van der Waals surface area (Å²) in [6.45, 7) is 3.56. The standard InChI is InChI=1S/C17H19NO4S/c1-2-12-9-17(20)22-15-10-13(3-4-14(12)15)21-11-16(19)18-5-7-23-8-6-18/h3-4,9-10H,2,5-8,11H2,1H3. The number of benzene rings is 1. The summed E-state index contributed by atoms with van der Waals surface area (Å²) in [5, 5.41) is 0.902. The predicted octanol–water partition coefficient (Wildman–Crippen LogP) is 2.31. The van der Waals surface area contributed by atoms with E-state index in [-0.39, 0.29) is 18.1 Å². The highest BCUT2D eigenvalue weighted by atomic mass is 32.2. The molecule has 1 saturated heterocycles. The van der Waals surface area contributed by atoms with Crippen molar-refractivity contribution < 1.29 is 13.9 Å². The molecule has 2 heterocycles. The average Bonchev–Trinajstić information content (AvgIpc) is 2.59. The summed E-state index contributed by atoms with van der Waals surface area (Å²) >= 11 is 1.86. The Labute approximate surface area is 138 Å². The number of aryl methyl sites for hydroxylation is 1. The third-order valence-electron chi connectivity index (χ3n) is 3.91. The van der Waals surface area contributed by atoms with Gasteiger partial charge in [0, 0.05) is 42.1 Å². The first-order chi connectivity index (χ1) is 11.2. The highest BCUT2D eigenvalue weighted by molar-refractivity contribution is 7.99. The molecule has 0 bridgehead atoms. The van der Waals surface area contributed by atoms with Gasteiger partial charge in [0.2, 0.25) is 0 Å². The molecule has 0 radical (unpaired) electrons. The maximum Gasteiger partial charge on any atom is 0.336 e. The van der Waals surface area contributed by atoms with Crippen LogP contribution in [0.4, 0.5) is 0 Å². The Hall–Kier alpha value is -1.95. The van der Waals surface area contributed by atoms with Crippen molar-refractivity contribution in [2.24, 2.45) is 0 Å². The van der Waals surface area contributed by atoms with Crippen LogP contribution >= 0.6 is 11.8 Å². The molecule has 5 nitrogen and oxygen atoms in total. The summed E-state index contributed by atoms with van der Waals surface area (Å²) in [5.41, 5.74) is 1.08. The van der Waals surface area contributed by atoms with Crippen LogP contribution in [0.5, 0.6) is 5.75 Å². The van der Waals surface area contributed by atoms with Crippen molar-refractivity contribution in [2.75, 3.05) is 31.2 Å². The molecule has 0 spiro atoms. The molecule has 3 rings (SSSR count). The number of ether oxygens (including phenoxy) is 1. The highest BCUT2D eigenvalue weighted by Gasteiger charge is 2.17. The minimum atomic E-state index is -0.367. The maximum atomic E-state index is 12.1. The van der Waals surface area contributed by atoms with Crippen molar-refractivity contribution in [3.8, 4) is 5.75 Å². The van der Waals surface area contributed by atoms with Gasteiger partial charge in [-0.25, -0.2) is 4.79 Å². The van der Waals surface area contributed by atoms with Gasteiger partial charge in [-0.15, -0.1) is 0 Å². The molecule has 1 aromatic heterocycles. The third-order valence-corrected chi connectivity index (χ3v) is 4.85. The fourth-order valence-corrected chi connectivity index (χ4v) is 3.54. The van der Waals surface area contributed by atoms with Gasteiger partial charge in [-0.2, -0.15) is 11.8 Å². The van der Waals surface area contributed by atoms with E-state index in [4.69, 9.17) is 9.15 Å². The molecule has 1 aliphatic heterocycles. The normalized spacial score (nSPS) is 14.9. The second-order valence-electron chi connectivity index (χ2n) is 5.38. The Kier molecular flexibility index (Phi) is 4.91. The van der Waals surface area contributed by atoms with Gasteiger partial charge in [0.05, 0.1) is 0 Å². The molecule has 0 N–H and O–H groups in total. The molecule has 1 fully saturated rings. The lowest BCUT2D eigenvalue weighted by atomic mass is 10.1. The van der Waals surface area contributed by atoms with Crippen LogP contribution in [0.15, 0.2) is 33.5 Å². The van der Waals surface area contributed by atoms with Crippen LogP contribution in [0.3, 0.4) is 0 Å². The Bertz CT molecular complexity index is 765. The van der Waals surface area contributed by atoms with Crippen molar-refractivity contribution in [2.45, 2.75) is 13.3 Å². The van der Waals surface area contributed by atoms with Gasteiger partial charge in [-0.05, 0) is 24.1 Å². The van der Waals surface area contributed by atoms with Crippen LogP contribution in [-0.2, 0) is 11.2 Å². The topological polar surface area (TPSA) is 59.8 Å². The van der Waals surface area contributed by atoms with Gasteiger partial charge < -0.3 is 14.1 Å². The lowest BCUT2D eigenvalue weighted by Crippen LogP contribution is -2.40. The predicted molar refractivity (Wildman–Crippen MR) is 91.3 cm³/mol. The molecule has 0 atom stereocenters. The molecule has 1 amide bonds. The van der Waals surface area contributed by atoms with E-state index in [1.807, 2.05) is 29.7 Å². The van der Waals surface area contributed by atoms with Crippen LogP contribution < -0.4 is 10.4 Å². The van der Waals surface area contributed by atoms with E-state index < -0.39 is 0 Å². The van der Waals surface area contributed by atoms with Crippen LogP contribution in [0, 0.1) is 0 Å². The maximum absolute atomic E-state index is 12.1. The van der Waals surface area contributed by atoms with E-state index in [1.54, 1.807) is 12.1 Å². The summed E-state index contributed by atoms with van der Waals surface area (Å²) < 4.78 is 10.8. The number of nitrogens with zero attached hydrogens (tertiary/aromatic N) is 1. The zero-order valence-electron chi connectivity index (χ0n) is 13.0. The quantitative estimate of drug-likeness (QED) is 0.804. The van der Waals surface area contributed by atoms with E-state index in [0.717, 1.165) is 42.0 Å². The molecule has 0 aliphatic carbocycles.